The zero-order valence-electron chi connectivity index (χ0n) is 10.9. The van der Waals surface area contributed by atoms with Crippen LogP contribution in [-0.4, -0.2) is 30.3 Å². The van der Waals surface area contributed by atoms with Crippen molar-refractivity contribution in [3.63, 3.8) is 0 Å². The van der Waals surface area contributed by atoms with Crippen LogP contribution < -0.4 is 10.6 Å². The molecule has 1 rings (SSSR count). The third-order valence-corrected chi connectivity index (χ3v) is 2.61. The van der Waals surface area contributed by atoms with E-state index in [-0.39, 0.29) is 10.8 Å². The molecule has 10 heteroatoms. The Bertz CT molecular complexity index is 537. The first kappa shape index (κ1) is 17.1. The molecule has 0 aliphatic carbocycles. The number of nitrogens with one attached hydrogen (secondary N) is 2. The van der Waals surface area contributed by atoms with Crippen molar-refractivity contribution in [2.75, 3.05) is 25.6 Å². The average molecular weight is 323 g/mol. The fourth-order valence-corrected chi connectivity index (χ4v) is 1.63. The minimum atomic E-state index is -4.74. The Morgan fingerprint density at radius 2 is 2.14 bits per heavy atom. The van der Waals surface area contributed by atoms with E-state index < -0.39 is 22.4 Å². The van der Waals surface area contributed by atoms with E-state index in [9.17, 15) is 23.3 Å². The predicted octanol–water partition coefficient (Wildman–Crippen LogP) is 2.55. The number of nitrogens with zero attached hydrogens (tertiary/aromatic N) is 1. The van der Waals surface area contributed by atoms with Gasteiger partial charge in [-0.05, 0) is 18.3 Å². The van der Waals surface area contributed by atoms with Crippen LogP contribution in [0.25, 0.3) is 0 Å². The number of hydrogen-bond donors (Lipinski definition) is 2. The molecule has 21 heavy (non-hydrogen) atoms. The summed E-state index contributed by atoms with van der Waals surface area (Å²) in [6, 6.07) is 2.39. The lowest BCUT2D eigenvalue weighted by Crippen LogP contribution is -2.31. The molecule has 0 amide bonds. The molecule has 0 unspecified atom stereocenters. The van der Waals surface area contributed by atoms with Crippen molar-refractivity contribution in [3.8, 4) is 0 Å². The molecule has 0 saturated carbocycles. The summed E-state index contributed by atoms with van der Waals surface area (Å²) in [5.41, 5.74) is -2.17. The van der Waals surface area contributed by atoms with Crippen LogP contribution >= 0.6 is 12.2 Å². The van der Waals surface area contributed by atoms with Gasteiger partial charge < -0.3 is 15.4 Å². The number of anilines is 1. The van der Waals surface area contributed by atoms with Crippen molar-refractivity contribution < 1.29 is 22.8 Å². The molecule has 0 heterocycles. The summed E-state index contributed by atoms with van der Waals surface area (Å²) in [4.78, 5) is 9.66. The van der Waals surface area contributed by atoms with E-state index in [1.54, 1.807) is 0 Å². The number of benzene rings is 1. The third-order valence-electron chi connectivity index (χ3n) is 2.36. The molecule has 6 nitrogen and oxygen atoms in total. The molecular weight excluding hydrogens is 311 g/mol. The SMILES string of the molecule is COCCNC(=S)Nc1ccc([N+](=O)[O-])cc1C(F)(F)F. The number of nitro benzene ring substituents is 1. The van der Waals surface area contributed by atoms with Crippen molar-refractivity contribution in [3.05, 3.63) is 33.9 Å². The lowest BCUT2D eigenvalue weighted by molar-refractivity contribution is -0.385. The van der Waals surface area contributed by atoms with Crippen LogP contribution in [-0.2, 0) is 10.9 Å². The molecule has 0 aromatic heterocycles. The first-order chi connectivity index (χ1) is 9.75. The van der Waals surface area contributed by atoms with E-state index in [0.29, 0.717) is 19.2 Å². The molecule has 0 atom stereocenters. The molecular formula is C11H12F3N3O3S. The molecule has 0 spiro atoms. The van der Waals surface area contributed by atoms with Gasteiger partial charge in [-0.25, -0.2) is 0 Å². The number of non-ortho nitro benzene ring substituents is 1. The fraction of sp³-hybridized carbons (Fsp3) is 0.364. The predicted molar refractivity (Wildman–Crippen MR) is 74.2 cm³/mol. The molecule has 1 aromatic carbocycles. The zero-order valence-corrected chi connectivity index (χ0v) is 11.7. The first-order valence-corrected chi connectivity index (χ1v) is 6.06. The fourth-order valence-electron chi connectivity index (χ4n) is 1.42. The van der Waals surface area contributed by atoms with Gasteiger partial charge in [0.25, 0.3) is 5.69 Å². The summed E-state index contributed by atoms with van der Waals surface area (Å²) in [5.74, 6) is 0. The number of rotatable bonds is 5. The van der Waals surface area contributed by atoms with E-state index in [0.717, 1.165) is 12.1 Å². The Morgan fingerprint density at radius 1 is 1.48 bits per heavy atom. The topological polar surface area (TPSA) is 76.4 Å². The standard InChI is InChI=1S/C11H12F3N3O3S/c1-20-5-4-15-10(21)16-9-3-2-7(17(18)19)6-8(9)11(12,13)14/h2-3,6H,4-5H2,1H3,(H2,15,16,21). The highest BCUT2D eigenvalue weighted by Crippen LogP contribution is 2.37. The normalized spacial score (nSPS) is 11.0. The van der Waals surface area contributed by atoms with Gasteiger partial charge in [-0.1, -0.05) is 0 Å². The third kappa shape index (κ3) is 5.16. The van der Waals surface area contributed by atoms with Crippen molar-refractivity contribution >= 4 is 28.7 Å². The largest absolute Gasteiger partial charge is 0.418 e. The molecule has 0 saturated heterocycles. The minimum Gasteiger partial charge on any atom is -0.383 e. The number of alkyl halides is 3. The van der Waals surface area contributed by atoms with E-state index in [2.05, 4.69) is 10.6 Å². The summed E-state index contributed by atoms with van der Waals surface area (Å²) < 4.78 is 43.5. The van der Waals surface area contributed by atoms with Gasteiger partial charge in [0.15, 0.2) is 5.11 Å². The van der Waals surface area contributed by atoms with E-state index in [1.807, 2.05) is 0 Å². The monoisotopic (exact) mass is 323 g/mol. The molecule has 0 bridgehead atoms. The van der Waals surface area contributed by atoms with Gasteiger partial charge in [-0.15, -0.1) is 0 Å². The summed E-state index contributed by atoms with van der Waals surface area (Å²) >= 11 is 4.84. The molecule has 0 aliphatic rings. The average Bonchev–Trinajstić information content (AvgIpc) is 2.37. The number of ether oxygens (including phenoxy) is 1. The lowest BCUT2D eigenvalue weighted by Gasteiger charge is -2.15. The van der Waals surface area contributed by atoms with Crippen LogP contribution in [0.3, 0.4) is 0 Å². The molecule has 1 aromatic rings. The molecule has 0 radical (unpaired) electrons. The zero-order chi connectivity index (χ0) is 16.0. The van der Waals surface area contributed by atoms with E-state index in [4.69, 9.17) is 17.0 Å². The van der Waals surface area contributed by atoms with Crippen LogP contribution in [0, 0.1) is 10.1 Å². The van der Waals surface area contributed by atoms with Crippen molar-refractivity contribution in [2.24, 2.45) is 0 Å². The quantitative estimate of drug-likeness (QED) is 0.375. The van der Waals surface area contributed by atoms with E-state index >= 15 is 0 Å². The summed E-state index contributed by atoms with van der Waals surface area (Å²) in [6.07, 6.45) is -4.74. The van der Waals surface area contributed by atoms with Crippen LogP contribution in [0.15, 0.2) is 18.2 Å². The van der Waals surface area contributed by atoms with Crippen LogP contribution in [0.4, 0.5) is 24.5 Å². The summed E-state index contributed by atoms with van der Waals surface area (Å²) in [7, 11) is 1.47. The number of halogens is 3. The second-order valence-corrected chi connectivity index (χ2v) is 4.27. The van der Waals surface area contributed by atoms with E-state index in [1.165, 1.54) is 7.11 Å². The summed E-state index contributed by atoms with van der Waals surface area (Å²) in [6.45, 7) is 0.644. The number of nitro groups is 1. The van der Waals surface area contributed by atoms with Crippen LogP contribution in [0.5, 0.6) is 0 Å². The Hall–Kier alpha value is -1.94. The number of methoxy groups -OCH3 is 1. The Labute approximate surface area is 123 Å². The number of hydrogen-bond acceptors (Lipinski definition) is 4. The second kappa shape index (κ2) is 7.18. The van der Waals surface area contributed by atoms with Crippen molar-refractivity contribution in [1.82, 2.24) is 5.32 Å². The lowest BCUT2D eigenvalue weighted by atomic mass is 10.1. The highest BCUT2D eigenvalue weighted by atomic mass is 32.1. The highest BCUT2D eigenvalue weighted by molar-refractivity contribution is 7.80. The number of thiocarbonyl (C=S) groups is 1. The van der Waals surface area contributed by atoms with Gasteiger partial charge in [0.1, 0.15) is 0 Å². The van der Waals surface area contributed by atoms with Gasteiger partial charge in [0, 0.05) is 25.8 Å². The van der Waals surface area contributed by atoms with Crippen LogP contribution in [0.2, 0.25) is 0 Å². The first-order valence-electron chi connectivity index (χ1n) is 5.65. The second-order valence-electron chi connectivity index (χ2n) is 3.86. The van der Waals surface area contributed by atoms with Gasteiger partial charge in [0.2, 0.25) is 0 Å². The highest BCUT2D eigenvalue weighted by Gasteiger charge is 2.35. The molecule has 2 N–H and O–H groups in total. The maximum atomic E-state index is 12.9. The Morgan fingerprint density at radius 3 is 2.67 bits per heavy atom. The van der Waals surface area contributed by atoms with Gasteiger partial charge in [-0.2, -0.15) is 13.2 Å². The Kier molecular flexibility index (Phi) is 5.85. The van der Waals surface area contributed by atoms with Gasteiger partial charge in [-0.3, -0.25) is 10.1 Å². The van der Waals surface area contributed by atoms with Crippen molar-refractivity contribution in [2.45, 2.75) is 6.18 Å². The molecule has 116 valence electrons. The van der Waals surface area contributed by atoms with Gasteiger partial charge >= 0.3 is 6.18 Å². The maximum absolute atomic E-state index is 12.9. The van der Waals surface area contributed by atoms with Crippen LogP contribution in [0.1, 0.15) is 5.56 Å². The molecule has 0 aliphatic heterocycles. The van der Waals surface area contributed by atoms with Crippen molar-refractivity contribution in [1.29, 1.82) is 0 Å². The smallest absolute Gasteiger partial charge is 0.383 e. The summed E-state index contributed by atoms with van der Waals surface area (Å²) in [5, 5.41) is 15.5. The molecule has 0 fully saturated rings. The maximum Gasteiger partial charge on any atom is 0.418 e. The Balaban J connectivity index is 2.96. The van der Waals surface area contributed by atoms with Gasteiger partial charge in [0.05, 0.1) is 22.8 Å². The minimum absolute atomic E-state index is 0.0357.